The molecular formula is C13H12ClN3O. The molecule has 92 valence electrons. The Hall–Kier alpha value is -1.78. The predicted molar refractivity (Wildman–Crippen MR) is 71.3 cm³/mol. The molecule has 0 atom stereocenters. The second kappa shape index (κ2) is 4.15. The molecule has 0 saturated carbocycles. The zero-order valence-electron chi connectivity index (χ0n) is 9.85. The Morgan fingerprint density at radius 1 is 1.39 bits per heavy atom. The quantitative estimate of drug-likeness (QED) is 0.772. The molecule has 2 aromatic heterocycles. The van der Waals surface area contributed by atoms with E-state index in [9.17, 15) is 0 Å². The van der Waals surface area contributed by atoms with E-state index < -0.39 is 0 Å². The molecule has 4 nitrogen and oxygen atoms in total. The standard InChI is InChI=1S/C13H12ClN3O/c1-17-11-3-2-8(7-15)6-10(11)16-13(17)9-4-5-18-12(9)14/h2-6H,7,15H2,1H3. The van der Waals surface area contributed by atoms with Crippen molar-refractivity contribution in [1.82, 2.24) is 9.55 Å². The van der Waals surface area contributed by atoms with E-state index >= 15 is 0 Å². The molecule has 18 heavy (non-hydrogen) atoms. The highest BCUT2D eigenvalue weighted by Gasteiger charge is 2.14. The van der Waals surface area contributed by atoms with E-state index in [0.717, 1.165) is 28.0 Å². The lowest BCUT2D eigenvalue weighted by atomic mass is 10.2. The number of nitrogens with zero attached hydrogens (tertiary/aromatic N) is 2. The first-order chi connectivity index (χ1) is 8.70. The average Bonchev–Trinajstić information content (AvgIpc) is 2.93. The summed E-state index contributed by atoms with van der Waals surface area (Å²) in [4.78, 5) is 4.59. The molecule has 0 radical (unpaired) electrons. The summed E-state index contributed by atoms with van der Waals surface area (Å²) in [5.74, 6) is 0.790. The van der Waals surface area contributed by atoms with E-state index in [0.29, 0.717) is 11.8 Å². The molecule has 2 N–H and O–H groups in total. The number of aromatic nitrogens is 2. The van der Waals surface area contributed by atoms with E-state index in [2.05, 4.69) is 4.98 Å². The normalized spacial score (nSPS) is 11.3. The summed E-state index contributed by atoms with van der Waals surface area (Å²) >= 11 is 5.99. The van der Waals surface area contributed by atoms with Gasteiger partial charge in [-0.15, -0.1) is 0 Å². The number of aryl methyl sites for hydroxylation is 1. The summed E-state index contributed by atoms with van der Waals surface area (Å²) < 4.78 is 7.10. The molecule has 3 aromatic rings. The van der Waals surface area contributed by atoms with Gasteiger partial charge in [0.1, 0.15) is 5.82 Å². The van der Waals surface area contributed by atoms with Crippen LogP contribution in [0, 0.1) is 0 Å². The smallest absolute Gasteiger partial charge is 0.203 e. The first-order valence-corrected chi connectivity index (χ1v) is 5.97. The van der Waals surface area contributed by atoms with Crippen LogP contribution in [0.1, 0.15) is 5.56 Å². The monoisotopic (exact) mass is 261 g/mol. The average molecular weight is 262 g/mol. The van der Waals surface area contributed by atoms with Gasteiger partial charge in [0, 0.05) is 13.6 Å². The summed E-state index contributed by atoms with van der Waals surface area (Å²) in [5, 5.41) is 0.354. The van der Waals surface area contributed by atoms with E-state index in [-0.39, 0.29) is 0 Å². The molecule has 0 saturated heterocycles. The fraction of sp³-hybridized carbons (Fsp3) is 0.154. The topological polar surface area (TPSA) is 57.0 Å². The van der Waals surface area contributed by atoms with E-state index in [1.165, 1.54) is 0 Å². The minimum Gasteiger partial charge on any atom is -0.452 e. The SMILES string of the molecule is Cn1c(-c2ccoc2Cl)nc2cc(CN)ccc21. The molecule has 0 spiro atoms. The van der Waals surface area contributed by atoms with E-state index in [1.807, 2.05) is 35.9 Å². The molecule has 0 aliphatic rings. The molecule has 3 rings (SSSR count). The second-order valence-corrected chi connectivity index (χ2v) is 4.47. The Bertz CT molecular complexity index is 714. The van der Waals surface area contributed by atoms with Crippen LogP contribution in [-0.2, 0) is 13.6 Å². The first kappa shape index (κ1) is 11.3. The Balaban J connectivity index is 2.25. The van der Waals surface area contributed by atoms with E-state index in [1.54, 1.807) is 6.26 Å². The number of nitrogens with two attached hydrogens (primary N) is 1. The van der Waals surface area contributed by atoms with E-state index in [4.69, 9.17) is 21.8 Å². The van der Waals surface area contributed by atoms with Crippen molar-refractivity contribution < 1.29 is 4.42 Å². The van der Waals surface area contributed by atoms with Gasteiger partial charge < -0.3 is 14.7 Å². The van der Waals surface area contributed by atoms with Gasteiger partial charge in [0.25, 0.3) is 0 Å². The third-order valence-electron chi connectivity index (χ3n) is 3.04. The molecule has 2 heterocycles. The Morgan fingerprint density at radius 2 is 2.22 bits per heavy atom. The van der Waals surface area contributed by atoms with Crippen LogP contribution in [0.5, 0.6) is 0 Å². The van der Waals surface area contributed by atoms with Crippen LogP contribution in [-0.4, -0.2) is 9.55 Å². The molecule has 0 fully saturated rings. The third kappa shape index (κ3) is 1.62. The molecule has 0 bridgehead atoms. The van der Waals surface area contributed by atoms with Crippen LogP contribution < -0.4 is 5.73 Å². The van der Waals surface area contributed by atoms with Gasteiger partial charge in [0.05, 0.1) is 22.9 Å². The Morgan fingerprint density at radius 3 is 2.89 bits per heavy atom. The van der Waals surface area contributed by atoms with Crippen molar-refractivity contribution in [3.63, 3.8) is 0 Å². The maximum atomic E-state index is 5.99. The summed E-state index contributed by atoms with van der Waals surface area (Å²) in [7, 11) is 1.95. The Kier molecular flexibility index (Phi) is 2.61. The van der Waals surface area contributed by atoms with Crippen molar-refractivity contribution in [2.24, 2.45) is 12.8 Å². The maximum absolute atomic E-state index is 5.99. The molecule has 5 heteroatoms. The summed E-state index contributed by atoms with van der Waals surface area (Å²) in [6.07, 6.45) is 1.56. The lowest BCUT2D eigenvalue weighted by Gasteiger charge is -2.00. The zero-order valence-corrected chi connectivity index (χ0v) is 10.6. The summed E-state index contributed by atoms with van der Waals surface area (Å²) in [6, 6.07) is 7.83. The fourth-order valence-electron chi connectivity index (χ4n) is 2.07. The molecule has 0 amide bonds. The van der Waals surface area contributed by atoms with Crippen molar-refractivity contribution in [3.05, 3.63) is 41.3 Å². The van der Waals surface area contributed by atoms with Crippen LogP contribution in [0.15, 0.2) is 34.9 Å². The highest BCUT2D eigenvalue weighted by Crippen LogP contribution is 2.30. The number of halogens is 1. The number of imidazole rings is 1. The van der Waals surface area contributed by atoms with Gasteiger partial charge in [0.15, 0.2) is 0 Å². The molecule has 0 aliphatic heterocycles. The van der Waals surface area contributed by atoms with Crippen molar-refractivity contribution in [3.8, 4) is 11.4 Å². The van der Waals surface area contributed by atoms with Crippen molar-refractivity contribution in [2.45, 2.75) is 6.54 Å². The number of rotatable bonds is 2. The Labute approximate surface area is 109 Å². The van der Waals surface area contributed by atoms with Gasteiger partial charge in [-0.1, -0.05) is 6.07 Å². The van der Waals surface area contributed by atoms with Gasteiger partial charge in [-0.25, -0.2) is 4.98 Å². The van der Waals surface area contributed by atoms with Crippen LogP contribution in [0.3, 0.4) is 0 Å². The van der Waals surface area contributed by atoms with Crippen LogP contribution in [0.25, 0.3) is 22.4 Å². The maximum Gasteiger partial charge on any atom is 0.203 e. The van der Waals surface area contributed by atoms with Crippen molar-refractivity contribution >= 4 is 22.6 Å². The minimum atomic E-state index is 0.354. The lowest BCUT2D eigenvalue weighted by molar-refractivity contribution is 0.570. The van der Waals surface area contributed by atoms with Gasteiger partial charge in [0.2, 0.25) is 5.22 Å². The van der Waals surface area contributed by atoms with Gasteiger partial charge in [-0.05, 0) is 35.4 Å². The molecule has 1 aromatic carbocycles. The van der Waals surface area contributed by atoms with Crippen LogP contribution in [0.2, 0.25) is 5.22 Å². The minimum absolute atomic E-state index is 0.354. The fourth-order valence-corrected chi connectivity index (χ4v) is 2.27. The summed E-state index contributed by atoms with van der Waals surface area (Å²) in [5.41, 5.74) is 9.44. The number of benzene rings is 1. The van der Waals surface area contributed by atoms with Gasteiger partial charge >= 0.3 is 0 Å². The third-order valence-corrected chi connectivity index (χ3v) is 3.33. The highest BCUT2D eigenvalue weighted by molar-refractivity contribution is 6.31. The zero-order chi connectivity index (χ0) is 12.7. The first-order valence-electron chi connectivity index (χ1n) is 5.59. The number of hydrogen-bond donors (Lipinski definition) is 1. The van der Waals surface area contributed by atoms with Crippen LogP contribution >= 0.6 is 11.6 Å². The largest absolute Gasteiger partial charge is 0.452 e. The molecule has 0 aliphatic carbocycles. The highest BCUT2D eigenvalue weighted by atomic mass is 35.5. The summed E-state index contributed by atoms with van der Waals surface area (Å²) in [6.45, 7) is 0.508. The van der Waals surface area contributed by atoms with Gasteiger partial charge in [-0.2, -0.15) is 0 Å². The predicted octanol–water partition coefficient (Wildman–Crippen LogP) is 2.95. The lowest BCUT2D eigenvalue weighted by Crippen LogP contribution is -1.95. The number of furan rings is 1. The van der Waals surface area contributed by atoms with Gasteiger partial charge in [-0.3, -0.25) is 0 Å². The molecular weight excluding hydrogens is 250 g/mol. The molecule has 0 unspecified atom stereocenters. The second-order valence-electron chi connectivity index (χ2n) is 4.13. The van der Waals surface area contributed by atoms with Crippen molar-refractivity contribution in [1.29, 1.82) is 0 Å². The number of fused-ring (bicyclic) bond motifs is 1. The van der Waals surface area contributed by atoms with Crippen molar-refractivity contribution in [2.75, 3.05) is 0 Å². The van der Waals surface area contributed by atoms with Crippen LogP contribution in [0.4, 0.5) is 0 Å². The number of hydrogen-bond acceptors (Lipinski definition) is 3.